The SMILES string of the molecule is CCCC[C@@H](CC)CNC(=O)Cn1cc(S(=O)(=O)N(C)C)ccc1=O. The molecule has 7 nitrogen and oxygen atoms in total. The molecule has 1 aromatic rings. The number of pyridine rings is 1. The number of hydrogen-bond donors (Lipinski definition) is 1. The maximum atomic E-state index is 12.1. The van der Waals surface area contributed by atoms with E-state index in [1.807, 2.05) is 0 Å². The number of aromatic nitrogens is 1. The molecule has 0 aromatic carbocycles. The number of amides is 1. The quantitative estimate of drug-likeness (QED) is 0.674. The highest BCUT2D eigenvalue weighted by molar-refractivity contribution is 7.89. The number of nitrogens with zero attached hydrogens (tertiary/aromatic N) is 2. The van der Waals surface area contributed by atoms with E-state index in [0.29, 0.717) is 12.5 Å². The Morgan fingerprint density at radius 2 is 1.96 bits per heavy atom. The van der Waals surface area contributed by atoms with Crippen LogP contribution in [-0.2, 0) is 21.4 Å². The minimum atomic E-state index is -3.65. The van der Waals surface area contributed by atoms with E-state index in [1.165, 1.54) is 32.4 Å². The molecule has 0 saturated heterocycles. The van der Waals surface area contributed by atoms with E-state index in [-0.39, 0.29) is 17.3 Å². The molecule has 0 unspecified atom stereocenters. The maximum Gasteiger partial charge on any atom is 0.251 e. The molecule has 1 rings (SSSR count). The van der Waals surface area contributed by atoms with Gasteiger partial charge < -0.3 is 9.88 Å². The molecule has 0 aliphatic carbocycles. The van der Waals surface area contributed by atoms with Gasteiger partial charge in [-0.05, 0) is 18.4 Å². The van der Waals surface area contributed by atoms with Gasteiger partial charge in [0.2, 0.25) is 15.9 Å². The van der Waals surface area contributed by atoms with Gasteiger partial charge in [0.25, 0.3) is 5.56 Å². The summed E-state index contributed by atoms with van der Waals surface area (Å²) in [6, 6.07) is 2.42. The number of carbonyl (C=O) groups excluding carboxylic acids is 1. The van der Waals surface area contributed by atoms with Gasteiger partial charge >= 0.3 is 0 Å². The fourth-order valence-corrected chi connectivity index (χ4v) is 3.33. The van der Waals surface area contributed by atoms with E-state index < -0.39 is 15.6 Å². The van der Waals surface area contributed by atoms with Crippen LogP contribution in [0.25, 0.3) is 0 Å². The van der Waals surface area contributed by atoms with Crippen LogP contribution in [-0.4, -0.2) is 43.8 Å². The molecule has 1 aromatic heterocycles. The first kappa shape index (κ1) is 21.4. The highest BCUT2D eigenvalue weighted by atomic mass is 32.2. The van der Waals surface area contributed by atoms with Crippen molar-refractivity contribution < 1.29 is 13.2 Å². The topological polar surface area (TPSA) is 88.5 Å². The Kier molecular flexibility index (Phi) is 8.31. The molecule has 0 bridgehead atoms. The van der Waals surface area contributed by atoms with Gasteiger partial charge in [0.15, 0.2) is 0 Å². The largest absolute Gasteiger partial charge is 0.354 e. The summed E-state index contributed by atoms with van der Waals surface area (Å²) >= 11 is 0. The molecule has 1 heterocycles. The number of sulfonamides is 1. The standard InChI is InChI=1S/C17H29N3O4S/c1-5-7-8-14(6-2)11-18-16(21)13-20-12-15(9-10-17(20)22)25(23,24)19(3)4/h9-10,12,14H,5-8,11,13H2,1-4H3,(H,18,21)/t14-/m1/s1. The maximum absolute atomic E-state index is 12.1. The first-order valence-electron chi connectivity index (χ1n) is 8.62. The third kappa shape index (κ3) is 6.28. The van der Waals surface area contributed by atoms with E-state index in [4.69, 9.17) is 0 Å². The Bertz CT molecular complexity index is 726. The van der Waals surface area contributed by atoms with Gasteiger partial charge in [-0.15, -0.1) is 0 Å². The molecule has 0 saturated carbocycles. The van der Waals surface area contributed by atoms with Crippen LogP contribution in [0, 0.1) is 5.92 Å². The average molecular weight is 372 g/mol. The van der Waals surface area contributed by atoms with Crippen LogP contribution in [0.15, 0.2) is 28.0 Å². The van der Waals surface area contributed by atoms with Crippen LogP contribution in [0.3, 0.4) is 0 Å². The summed E-state index contributed by atoms with van der Waals surface area (Å²) in [4.78, 5) is 24.0. The minimum absolute atomic E-state index is 0.0146. The third-order valence-electron chi connectivity index (χ3n) is 4.18. The second-order valence-corrected chi connectivity index (χ2v) is 8.49. The number of hydrogen-bond acceptors (Lipinski definition) is 4. The van der Waals surface area contributed by atoms with Gasteiger partial charge in [-0.2, -0.15) is 0 Å². The van der Waals surface area contributed by atoms with Gasteiger partial charge in [-0.25, -0.2) is 12.7 Å². The molecule has 1 N–H and O–H groups in total. The predicted molar refractivity (Wildman–Crippen MR) is 97.9 cm³/mol. The van der Waals surface area contributed by atoms with E-state index in [9.17, 15) is 18.0 Å². The van der Waals surface area contributed by atoms with Crippen molar-refractivity contribution in [3.05, 3.63) is 28.7 Å². The molecule has 1 amide bonds. The fourth-order valence-electron chi connectivity index (χ4n) is 2.41. The average Bonchev–Trinajstić information content (AvgIpc) is 2.56. The van der Waals surface area contributed by atoms with Gasteiger partial charge in [-0.3, -0.25) is 9.59 Å². The summed E-state index contributed by atoms with van der Waals surface area (Å²) in [6.45, 7) is 4.60. The normalized spacial score (nSPS) is 13.0. The molecule has 8 heteroatoms. The molecule has 1 atom stereocenters. The Morgan fingerprint density at radius 1 is 1.28 bits per heavy atom. The van der Waals surface area contributed by atoms with E-state index in [1.54, 1.807) is 0 Å². The summed E-state index contributed by atoms with van der Waals surface area (Å²) in [5.41, 5.74) is -0.411. The van der Waals surface area contributed by atoms with Crippen molar-refractivity contribution in [3.63, 3.8) is 0 Å². The molecular formula is C17H29N3O4S. The Balaban J connectivity index is 2.79. The summed E-state index contributed by atoms with van der Waals surface area (Å²) in [6.07, 6.45) is 5.50. The van der Waals surface area contributed by atoms with Crippen molar-refractivity contribution in [3.8, 4) is 0 Å². The zero-order valence-corrected chi connectivity index (χ0v) is 16.3. The third-order valence-corrected chi connectivity index (χ3v) is 5.98. The van der Waals surface area contributed by atoms with Gasteiger partial charge in [0, 0.05) is 32.9 Å². The first-order chi connectivity index (χ1) is 11.7. The van der Waals surface area contributed by atoms with Gasteiger partial charge in [-0.1, -0.05) is 33.1 Å². The summed E-state index contributed by atoms with van der Waals surface area (Å²) in [5, 5.41) is 2.84. The second-order valence-electron chi connectivity index (χ2n) is 6.34. The Hall–Kier alpha value is -1.67. The summed E-state index contributed by atoms with van der Waals surface area (Å²) < 4.78 is 26.5. The molecular weight excluding hydrogens is 342 g/mol. The van der Waals surface area contributed by atoms with E-state index in [0.717, 1.165) is 34.6 Å². The molecule has 0 spiro atoms. The smallest absolute Gasteiger partial charge is 0.251 e. The summed E-state index contributed by atoms with van der Waals surface area (Å²) in [5.74, 6) is 0.123. The number of carbonyl (C=O) groups is 1. The first-order valence-corrected chi connectivity index (χ1v) is 10.1. The van der Waals surface area contributed by atoms with E-state index >= 15 is 0 Å². The Morgan fingerprint density at radius 3 is 2.52 bits per heavy atom. The number of rotatable bonds is 10. The van der Waals surface area contributed by atoms with Crippen LogP contribution in [0.1, 0.15) is 39.5 Å². The lowest BCUT2D eigenvalue weighted by atomic mass is 9.99. The second kappa shape index (κ2) is 9.72. The van der Waals surface area contributed by atoms with Crippen molar-refractivity contribution in [2.75, 3.05) is 20.6 Å². The molecule has 0 aliphatic heterocycles. The lowest BCUT2D eigenvalue weighted by Crippen LogP contribution is -2.35. The number of nitrogens with one attached hydrogen (secondary N) is 1. The lowest BCUT2D eigenvalue weighted by molar-refractivity contribution is -0.121. The molecule has 0 fully saturated rings. The minimum Gasteiger partial charge on any atom is -0.354 e. The molecule has 25 heavy (non-hydrogen) atoms. The molecule has 0 radical (unpaired) electrons. The van der Waals surface area contributed by atoms with Crippen LogP contribution in [0.2, 0.25) is 0 Å². The van der Waals surface area contributed by atoms with Gasteiger partial charge in [0.05, 0.1) is 4.90 Å². The number of unbranched alkanes of at least 4 members (excludes halogenated alkanes) is 1. The van der Waals surface area contributed by atoms with E-state index in [2.05, 4.69) is 19.2 Å². The van der Waals surface area contributed by atoms with Crippen molar-refractivity contribution in [2.45, 2.75) is 51.0 Å². The van der Waals surface area contributed by atoms with Gasteiger partial charge in [0.1, 0.15) is 6.54 Å². The van der Waals surface area contributed by atoms with Crippen LogP contribution in [0.4, 0.5) is 0 Å². The lowest BCUT2D eigenvalue weighted by Gasteiger charge is -2.16. The highest BCUT2D eigenvalue weighted by Crippen LogP contribution is 2.12. The van der Waals surface area contributed by atoms with Crippen LogP contribution >= 0.6 is 0 Å². The molecule has 142 valence electrons. The summed E-state index contributed by atoms with van der Waals surface area (Å²) in [7, 11) is -0.819. The predicted octanol–water partition coefficient (Wildman–Crippen LogP) is 1.43. The zero-order chi connectivity index (χ0) is 19.0. The zero-order valence-electron chi connectivity index (χ0n) is 15.5. The van der Waals surface area contributed by atoms with Crippen molar-refractivity contribution >= 4 is 15.9 Å². The van der Waals surface area contributed by atoms with Crippen molar-refractivity contribution in [1.29, 1.82) is 0 Å². The van der Waals surface area contributed by atoms with Crippen molar-refractivity contribution in [1.82, 2.24) is 14.2 Å². The van der Waals surface area contributed by atoms with Crippen molar-refractivity contribution in [2.24, 2.45) is 5.92 Å². The van der Waals surface area contributed by atoms with Crippen LogP contribution < -0.4 is 10.9 Å². The monoisotopic (exact) mass is 371 g/mol. The van der Waals surface area contributed by atoms with Crippen LogP contribution in [0.5, 0.6) is 0 Å². The molecule has 0 aliphatic rings. The fraction of sp³-hybridized carbons (Fsp3) is 0.647. The highest BCUT2D eigenvalue weighted by Gasteiger charge is 2.18. The Labute approximate surface area is 150 Å².